The first-order valence-electron chi connectivity index (χ1n) is 5.35. The minimum atomic E-state index is -3.88. The van der Waals surface area contributed by atoms with Crippen molar-refractivity contribution in [2.24, 2.45) is 0 Å². The van der Waals surface area contributed by atoms with Crippen molar-refractivity contribution in [3.8, 4) is 0 Å². The lowest BCUT2D eigenvalue weighted by atomic mass is 10.2. The molecule has 1 aromatic carbocycles. The predicted octanol–water partition coefficient (Wildman–Crippen LogP) is 2.47. The van der Waals surface area contributed by atoms with Crippen molar-refractivity contribution in [2.75, 3.05) is 10.5 Å². The Morgan fingerprint density at radius 3 is 2.30 bits per heavy atom. The summed E-state index contributed by atoms with van der Waals surface area (Å²) in [6, 6.07) is 4.47. The molecule has 0 unspecified atom stereocenters. The van der Waals surface area contributed by atoms with Gasteiger partial charge >= 0.3 is 0 Å². The molecule has 9 heteroatoms. The summed E-state index contributed by atoms with van der Waals surface area (Å²) in [6.45, 7) is 1.74. The minimum Gasteiger partial charge on any atom is -0.399 e. The largest absolute Gasteiger partial charge is 0.399 e. The van der Waals surface area contributed by atoms with Crippen molar-refractivity contribution >= 4 is 44.6 Å². The fraction of sp³-hybridized carbons (Fsp3) is 0.0909. The maximum Gasteiger partial charge on any atom is 0.262 e. The minimum absolute atomic E-state index is 0.00554. The van der Waals surface area contributed by atoms with Gasteiger partial charge in [-0.2, -0.15) is 0 Å². The van der Waals surface area contributed by atoms with Crippen LogP contribution in [-0.2, 0) is 10.0 Å². The van der Waals surface area contributed by atoms with Crippen LogP contribution in [0, 0.1) is 6.92 Å². The van der Waals surface area contributed by atoms with Crippen molar-refractivity contribution in [1.29, 1.82) is 0 Å². The summed E-state index contributed by atoms with van der Waals surface area (Å²) >= 11 is 11.6. The molecule has 1 aromatic heterocycles. The average molecular weight is 333 g/mol. The Balaban J connectivity index is 2.46. The molecule has 0 saturated carbocycles. The van der Waals surface area contributed by atoms with Crippen molar-refractivity contribution in [3.05, 3.63) is 40.4 Å². The second-order valence-electron chi connectivity index (χ2n) is 4.02. The second-order valence-corrected chi connectivity index (χ2v) is 6.41. The van der Waals surface area contributed by atoms with Gasteiger partial charge < -0.3 is 5.73 Å². The molecule has 0 atom stereocenters. The van der Waals surface area contributed by atoms with Crippen molar-refractivity contribution in [1.82, 2.24) is 9.97 Å². The van der Waals surface area contributed by atoms with E-state index in [1.807, 2.05) is 0 Å². The van der Waals surface area contributed by atoms with Crippen LogP contribution in [0.15, 0.2) is 29.4 Å². The lowest BCUT2D eigenvalue weighted by Gasteiger charge is -2.11. The molecule has 1 heterocycles. The van der Waals surface area contributed by atoms with E-state index in [2.05, 4.69) is 14.7 Å². The molecule has 0 radical (unpaired) electrons. The van der Waals surface area contributed by atoms with Crippen LogP contribution >= 0.6 is 23.2 Å². The summed E-state index contributed by atoms with van der Waals surface area (Å²) in [6.07, 6.45) is 1.13. The first-order chi connectivity index (χ1) is 9.29. The molecular formula is C11H10Cl2N4O2S. The van der Waals surface area contributed by atoms with Crippen LogP contribution in [0.1, 0.15) is 5.56 Å². The monoisotopic (exact) mass is 332 g/mol. The number of anilines is 2. The van der Waals surface area contributed by atoms with Gasteiger partial charge in [0.05, 0.1) is 4.90 Å². The zero-order valence-corrected chi connectivity index (χ0v) is 12.6. The number of hydrogen-bond donors (Lipinski definition) is 2. The van der Waals surface area contributed by atoms with E-state index in [1.54, 1.807) is 13.0 Å². The van der Waals surface area contributed by atoms with Crippen LogP contribution in [0.4, 0.5) is 11.4 Å². The fourth-order valence-corrected chi connectivity index (χ4v) is 3.29. The number of rotatable bonds is 3. The lowest BCUT2D eigenvalue weighted by Crippen LogP contribution is -2.14. The maximum absolute atomic E-state index is 12.3. The summed E-state index contributed by atoms with van der Waals surface area (Å²) < 4.78 is 26.8. The summed E-state index contributed by atoms with van der Waals surface area (Å²) in [5, 5.41) is -0.177. The third kappa shape index (κ3) is 3.12. The number of hydrogen-bond acceptors (Lipinski definition) is 5. The first-order valence-corrected chi connectivity index (χ1v) is 7.59. The molecule has 0 fully saturated rings. The lowest BCUT2D eigenvalue weighted by molar-refractivity contribution is 0.601. The molecule has 106 valence electrons. The van der Waals surface area contributed by atoms with Crippen LogP contribution in [0.5, 0.6) is 0 Å². The van der Waals surface area contributed by atoms with Gasteiger partial charge in [0.1, 0.15) is 12.0 Å². The van der Waals surface area contributed by atoms with E-state index in [-0.39, 0.29) is 20.9 Å². The Bertz CT molecular complexity index is 725. The molecule has 0 aliphatic carbocycles. The number of sulfonamides is 1. The Labute approximate surface area is 126 Å². The number of aromatic nitrogens is 2. The normalized spacial score (nSPS) is 11.3. The molecule has 0 aliphatic rings. The van der Waals surface area contributed by atoms with Gasteiger partial charge in [-0.3, -0.25) is 4.72 Å². The van der Waals surface area contributed by atoms with Gasteiger partial charge in [-0.05, 0) is 30.7 Å². The number of nitrogens with one attached hydrogen (secondary N) is 1. The molecule has 2 aromatic rings. The highest BCUT2D eigenvalue weighted by molar-refractivity contribution is 7.92. The van der Waals surface area contributed by atoms with Gasteiger partial charge in [-0.1, -0.05) is 23.2 Å². The van der Waals surface area contributed by atoms with Gasteiger partial charge in [-0.15, -0.1) is 0 Å². The van der Waals surface area contributed by atoms with E-state index < -0.39 is 10.0 Å². The Morgan fingerprint density at radius 1 is 1.15 bits per heavy atom. The van der Waals surface area contributed by atoms with Gasteiger partial charge in [-0.25, -0.2) is 18.4 Å². The Hall–Kier alpha value is -1.57. The van der Waals surface area contributed by atoms with Crippen LogP contribution in [0.25, 0.3) is 0 Å². The fourth-order valence-electron chi connectivity index (χ4n) is 1.55. The average Bonchev–Trinajstić information content (AvgIpc) is 2.33. The molecule has 0 saturated heterocycles. The molecule has 0 bridgehead atoms. The van der Waals surface area contributed by atoms with E-state index in [1.165, 1.54) is 12.1 Å². The molecule has 6 nitrogen and oxygen atoms in total. The molecular weight excluding hydrogens is 323 g/mol. The third-order valence-corrected chi connectivity index (χ3v) is 4.28. The van der Waals surface area contributed by atoms with Crippen molar-refractivity contribution in [3.63, 3.8) is 0 Å². The molecule has 0 amide bonds. The summed E-state index contributed by atoms with van der Waals surface area (Å²) in [5.41, 5.74) is 6.62. The highest BCUT2D eigenvalue weighted by Gasteiger charge is 2.19. The summed E-state index contributed by atoms with van der Waals surface area (Å²) in [4.78, 5) is 7.35. The van der Waals surface area contributed by atoms with Crippen LogP contribution in [-0.4, -0.2) is 18.4 Å². The number of aryl methyl sites for hydroxylation is 1. The molecule has 0 aliphatic heterocycles. The zero-order valence-electron chi connectivity index (χ0n) is 10.3. The molecule has 0 spiro atoms. The number of halogens is 2. The maximum atomic E-state index is 12.3. The number of nitrogens with two attached hydrogens (primary N) is 1. The van der Waals surface area contributed by atoms with Gasteiger partial charge in [0.15, 0.2) is 10.3 Å². The number of nitrogen functional groups attached to an aromatic ring is 1. The smallest absolute Gasteiger partial charge is 0.262 e. The van der Waals surface area contributed by atoms with E-state index in [0.717, 1.165) is 6.33 Å². The van der Waals surface area contributed by atoms with Gasteiger partial charge in [0, 0.05) is 5.69 Å². The summed E-state index contributed by atoms with van der Waals surface area (Å²) in [5.74, 6) is 0. The first kappa shape index (κ1) is 14.8. The topological polar surface area (TPSA) is 98.0 Å². The Morgan fingerprint density at radius 2 is 1.75 bits per heavy atom. The standard InChI is InChI=1S/C11H10Cl2N4O2S/c1-6-2-7(14)4-8(3-6)20(18,19)17-9-10(12)15-5-16-11(9)13/h2-5,17H,14H2,1H3. The van der Waals surface area contributed by atoms with Crippen LogP contribution in [0.2, 0.25) is 10.3 Å². The van der Waals surface area contributed by atoms with Gasteiger partial charge in [0.2, 0.25) is 0 Å². The Kier molecular flexibility index (Phi) is 4.03. The SMILES string of the molecule is Cc1cc(N)cc(S(=O)(=O)Nc2c(Cl)ncnc2Cl)c1. The van der Waals surface area contributed by atoms with E-state index in [0.29, 0.717) is 11.3 Å². The van der Waals surface area contributed by atoms with Crippen molar-refractivity contribution in [2.45, 2.75) is 11.8 Å². The predicted molar refractivity (Wildman–Crippen MR) is 78.5 cm³/mol. The van der Waals surface area contributed by atoms with Crippen molar-refractivity contribution < 1.29 is 8.42 Å². The van der Waals surface area contributed by atoms with Gasteiger partial charge in [0.25, 0.3) is 10.0 Å². The molecule has 2 rings (SSSR count). The van der Waals surface area contributed by atoms with Crippen LogP contribution in [0.3, 0.4) is 0 Å². The molecule has 3 N–H and O–H groups in total. The van der Waals surface area contributed by atoms with E-state index in [4.69, 9.17) is 28.9 Å². The molecule has 20 heavy (non-hydrogen) atoms. The van der Waals surface area contributed by atoms with Crippen LogP contribution < -0.4 is 10.5 Å². The number of benzene rings is 1. The highest BCUT2D eigenvalue weighted by Crippen LogP contribution is 2.28. The second kappa shape index (κ2) is 5.43. The highest BCUT2D eigenvalue weighted by atomic mass is 35.5. The van der Waals surface area contributed by atoms with E-state index >= 15 is 0 Å². The third-order valence-electron chi connectivity index (χ3n) is 2.37. The zero-order chi connectivity index (χ0) is 14.9. The summed E-state index contributed by atoms with van der Waals surface area (Å²) in [7, 11) is -3.88. The number of nitrogens with zero attached hydrogens (tertiary/aromatic N) is 2. The quantitative estimate of drug-likeness (QED) is 0.664. The van der Waals surface area contributed by atoms with E-state index in [9.17, 15) is 8.42 Å².